The quantitative estimate of drug-likeness (QED) is 0.160. The fraction of sp³-hybridized carbons (Fsp3) is 0. The van der Waals surface area contributed by atoms with Crippen LogP contribution in [0.3, 0.4) is 0 Å². The van der Waals surface area contributed by atoms with Crippen molar-refractivity contribution in [2.75, 3.05) is 4.90 Å². The van der Waals surface area contributed by atoms with Gasteiger partial charge in [-0.1, -0.05) is 157 Å². The van der Waals surface area contributed by atoms with Gasteiger partial charge in [0.1, 0.15) is 11.2 Å². The Kier molecular flexibility index (Phi) is 3.21. The highest BCUT2D eigenvalue weighted by molar-refractivity contribution is 6.17. The van der Waals surface area contributed by atoms with Crippen molar-refractivity contribution in [1.29, 1.82) is 0 Å². The van der Waals surface area contributed by atoms with Gasteiger partial charge in [-0.3, -0.25) is 0 Å². The first-order chi connectivity index (χ1) is 46.1. The molecule has 12 aromatic rings. The van der Waals surface area contributed by atoms with E-state index < -0.39 is 340 Å². The Morgan fingerprint density at radius 2 is 0.918 bits per heavy atom. The largest absolute Gasteiger partial charge is 0.455 e. The molecule has 3 heteroatoms. The second kappa shape index (κ2) is 14.3. The van der Waals surface area contributed by atoms with E-state index in [4.69, 9.17) is 34.6 Å². The topological polar surface area (TPSA) is 21.3 Å². The molecule has 3 nitrogen and oxygen atoms in total. The van der Waals surface area contributed by atoms with Crippen molar-refractivity contribution in [3.8, 4) is 39.1 Å². The summed E-state index contributed by atoms with van der Waals surface area (Å²) in [5.74, 6) is 0. The number of benzene rings is 10. The molecule has 61 heavy (non-hydrogen) atoms. The van der Waals surface area contributed by atoms with Crippen molar-refractivity contribution in [2.24, 2.45) is 0 Å². The van der Waals surface area contributed by atoms with Gasteiger partial charge in [0.05, 0.1) is 74.2 Å². The number of aromatic nitrogens is 1. The molecule has 2 heterocycles. The number of anilines is 3. The smallest absolute Gasteiger partial charge is 0.145 e. The van der Waals surface area contributed by atoms with E-state index in [9.17, 15) is 21.9 Å². The van der Waals surface area contributed by atoms with Crippen molar-refractivity contribution < 1.29 is 56.5 Å². The van der Waals surface area contributed by atoms with E-state index in [0.717, 1.165) is 0 Å². The van der Waals surface area contributed by atoms with Crippen molar-refractivity contribution in [1.82, 2.24) is 4.57 Å². The lowest BCUT2D eigenvalue weighted by atomic mass is 9.98. The molecule has 10 aromatic carbocycles. The van der Waals surface area contributed by atoms with Crippen LogP contribution in [0.25, 0.3) is 93.6 Å². The fourth-order valence-corrected chi connectivity index (χ4v) is 6.70. The highest BCUT2D eigenvalue weighted by atomic mass is 16.3. The van der Waals surface area contributed by atoms with E-state index >= 15 is 0 Å². The molecule has 12 rings (SSSR count). The second-order valence-electron chi connectivity index (χ2n) is 12.8. The molecular formula is C58H38N2O. The van der Waals surface area contributed by atoms with Crippen molar-refractivity contribution in [3.63, 3.8) is 0 Å². The van der Waals surface area contributed by atoms with E-state index in [2.05, 4.69) is 0 Å². The zero-order valence-corrected chi connectivity index (χ0v) is 30.3. The third-order valence-electron chi connectivity index (χ3n) is 9.37. The zero-order valence-electron chi connectivity index (χ0n) is 68.3. The maximum absolute atomic E-state index is 10.2. The molecule has 0 amide bonds. The first kappa shape index (κ1) is 13.7. The molecule has 0 atom stereocenters. The molecule has 0 fully saturated rings. The van der Waals surface area contributed by atoms with Crippen LogP contribution in [0.2, 0.25) is 0 Å². The lowest BCUT2D eigenvalue weighted by Gasteiger charge is -2.27. The molecule has 2 aromatic heterocycles. The van der Waals surface area contributed by atoms with Crippen LogP contribution < -0.4 is 4.90 Å². The van der Waals surface area contributed by atoms with Gasteiger partial charge in [-0.25, -0.2) is 0 Å². The van der Waals surface area contributed by atoms with E-state index in [1.165, 1.54) is 0 Å². The number of fused-ring (bicyclic) bond motifs is 7. The molecule has 0 spiro atoms. The molecule has 0 aliphatic heterocycles. The molecule has 0 saturated carbocycles. The Morgan fingerprint density at radius 1 is 0.393 bits per heavy atom. The lowest BCUT2D eigenvalue weighted by molar-refractivity contribution is 0.670. The van der Waals surface area contributed by atoms with Crippen LogP contribution >= 0.6 is 0 Å². The number of nitrogens with zero attached hydrogens (tertiary/aromatic N) is 2. The van der Waals surface area contributed by atoms with Crippen LogP contribution in [0.4, 0.5) is 17.1 Å². The van der Waals surface area contributed by atoms with Gasteiger partial charge in [0.15, 0.2) is 0 Å². The van der Waals surface area contributed by atoms with Crippen LogP contribution in [0, 0.1) is 0 Å². The molecule has 0 radical (unpaired) electrons. The van der Waals surface area contributed by atoms with Gasteiger partial charge in [-0.15, -0.1) is 0 Å². The summed E-state index contributed by atoms with van der Waals surface area (Å²) in [6, 6.07) is -41.5. The first-order valence-electron chi connectivity index (χ1n) is 36.7. The third-order valence-corrected chi connectivity index (χ3v) is 9.37. The molecule has 0 N–H and O–H groups in total. The SMILES string of the molecule is [2H]c1c([2H])c([2H])c(-c2c([2H])c([2H])c(N(c3c([2H])c([2H])c(-c4c([2H])c([2H])c5c([2H])c([2H])c([2H])c([2H])c5c4[2H])c([2H])c3[2H])c3c([2H])c([2H])c(-c4c([2H])c([2H])c(-n5c6c([2H])c([2H])c([2H])c([2H])c6c6c([2H])c([2H])c([2H])c([2H])c65)c([2H])c4[2H])c4oc5c([2H])c([2H])c([2H])c([2H])c5c34)c([2H])c2[2H])c([2H])c1[2H]. The Balaban J connectivity index is 1.27. The number of hydrogen-bond donors (Lipinski definition) is 0. The normalized spacial score (nSPS) is 20.3. The first-order valence-corrected chi connectivity index (χ1v) is 17.7. The van der Waals surface area contributed by atoms with Crippen LogP contribution in [-0.4, -0.2) is 4.57 Å². The fourth-order valence-electron chi connectivity index (χ4n) is 6.70. The number of furan rings is 1. The average Bonchev–Trinajstić information content (AvgIpc) is 1.63. The van der Waals surface area contributed by atoms with Gasteiger partial charge < -0.3 is 13.9 Å². The molecule has 0 unspecified atom stereocenters. The summed E-state index contributed by atoms with van der Waals surface area (Å²) in [4.78, 5) is 0.291. The summed E-state index contributed by atoms with van der Waals surface area (Å²) in [7, 11) is 0. The minimum atomic E-state index is -1.40. The Hall–Kier alpha value is -8.14. The van der Waals surface area contributed by atoms with Crippen LogP contribution in [0.5, 0.6) is 0 Å². The zero-order chi connectivity index (χ0) is 73.3. The van der Waals surface area contributed by atoms with Crippen molar-refractivity contribution in [3.05, 3.63) is 230 Å². The van der Waals surface area contributed by atoms with Gasteiger partial charge in [0.25, 0.3) is 0 Å². The van der Waals surface area contributed by atoms with Gasteiger partial charge in [-0.05, 0) is 111 Å². The highest BCUT2D eigenvalue weighted by Crippen LogP contribution is 2.47. The monoisotopic (exact) mass is 817 g/mol. The summed E-state index contributed by atoms with van der Waals surface area (Å²) in [5, 5.41) is -4.26. The number of rotatable bonds is 7. The van der Waals surface area contributed by atoms with Gasteiger partial charge in [0.2, 0.25) is 0 Å². The summed E-state index contributed by atoms with van der Waals surface area (Å²) in [6.07, 6.45) is 0. The maximum atomic E-state index is 10.2. The summed E-state index contributed by atoms with van der Waals surface area (Å²) >= 11 is 0. The Morgan fingerprint density at radius 3 is 1.61 bits per heavy atom. The predicted octanol–water partition coefficient (Wildman–Crippen LogP) is 16.3. The molecule has 0 bridgehead atoms. The summed E-state index contributed by atoms with van der Waals surface area (Å²) in [5.41, 5.74) is -13.9. The van der Waals surface area contributed by atoms with Crippen molar-refractivity contribution in [2.45, 2.75) is 0 Å². The molecule has 0 saturated heterocycles. The summed E-state index contributed by atoms with van der Waals surface area (Å²) < 4.78 is 354. The number of hydrogen-bond acceptors (Lipinski definition) is 2. The van der Waals surface area contributed by atoms with E-state index in [0.29, 0.717) is 9.47 Å². The van der Waals surface area contributed by atoms with Crippen LogP contribution in [-0.2, 0) is 0 Å². The maximum Gasteiger partial charge on any atom is 0.145 e. The van der Waals surface area contributed by atoms with E-state index in [1.54, 1.807) is 0 Å². The van der Waals surface area contributed by atoms with E-state index in [1.807, 2.05) is 0 Å². The molecule has 0 aliphatic carbocycles. The van der Waals surface area contributed by atoms with Gasteiger partial charge >= 0.3 is 0 Å². The highest BCUT2D eigenvalue weighted by Gasteiger charge is 2.23. The van der Waals surface area contributed by atoms with Gasteiger partial charge in [0, 0.05) is 38.8 Å². The lowest BCUT2D eigenvalue weighted by Crippen LogP contribution is -2.10. The van der Waals surface area contributed by atoms with Gasteiger partial charge in [-0.2, -0.15) is 0 Å². The minimum Gasteiger partial charge on any atom is -0.455 e. The van der Waals surface area contributed by atoms with Crippen LogP contribution in [0.1, 0.15) is 52.1 Å². The predicted molar refractivity (Wildman–Crippen MR) is 257 cm³/mol. The molecule has 0 aliphatic rings. The van der Waals surface area contributed by atoms with Crippen molar-refractivity contribution >= 4 is 71.6 Å². The summed E-state index contributed by atoms with van der Waals surface area (Å²) in [6.45, 7) is 0. The minimum absolute atomic E-state index is 0.291. The number of para-hydroxylation sites is 3. The Bertz CT molecular complexity index is 5660. The standard InChI is InChI=1S/C58H38N2O/c1-2-12-39(13-3-1)41-24-30-46(31-25-41)59(47-32-26-42(27-33-47)45-23-22-40-14-4-5-15-44(40)38-45)55-37-36-49(58-57(55)52-18-8-11-21-56(52)61-58)43-28-34-48(35-29-43)60-53-19-9-6-16-50(53)51-17-7-10-20-54(51)60/h1-38H/i1D,2D,3D,4D,5D,6D,7D,8D,9D,10D,11D,12D,13D,14D,15D,16D,17D,18D,19D,20D,21D,22D,23D,24D,25D,26D,27D,28D,29D,30D,31D,32D,33D,34D,35D,36D,37D,38D. The second-order valence-corrected chi connectivity index (χ2v) is 12.8. The van der Waals surface area contributed by atoms with Crippen LogP contribution in [0.15, 0.2) is 234 Å². The van der Waals surface area contributed by atoms with E-state index in [-0.39, 0.29) is 0 Å². The molecular weight excluding hydrogens is 741 g/mol. The molecule has 286 valence electrons. The third kappa shape index (κ3) is 5.90. The Labute approximate surface area is 407 Å². The average molecular weight is 817 g/mol.